The Morgan fingerprint density at radius 3 is 2.83 bits per heavy atom. The van der Waals surface area contributed by atoms with E-state index in [9.17, 15) is 0 Å². The third-order valence-electron chi connectivity index (χ3n) is 2.24. The van der Waals surface area contributed by atoms with E-state index in [0.29, 0.717) is 26.4 Å². The summed E-state index contributed by atoms with van der Waals surface area (Å²) in [5, 5.41) is 0. The fourth-order valence-electron chi connectivity index (χ4n) is 1.35. The third kappa shape index (κ3) is 6.51. The molecule has 0 atom stereocenters. The fourth-order valence-corrected chi connectivity index (χ4v) is 1.35. The molecule has 1 rings (SSSR count). The van der Waals surface area contributed by atoms with Crippen LogP contribution in [0.2, 0.25) is 0 Å². The van der Waals surface area contributed by atoms with Crippen LogP contribution in [0, 0.1) is 0 Å². The van der Waals surface area contributed by atoms with Crippen LogP contribution in [-0.2, 0) is 20.8 Å². The molecule has 3 N–H and O–H groups in total. The van der Waals surface area contributed by atoms with Crippen LogP contribution in [0.5, 0.6) is 0 Å². The van der Waals surface area contributed by atoms with Gasteiger partial charge in [-0.15, -0.1) is 0 Å². The molecule has 6 heteroatoms. The Hall–Kier alpha value is -1.21. The minimum Gasteiger partial charge on any atom is -0.385 e. The number of hydrogen-bond acceptors (Lipinski definition) is 6. The lowest BCUT2D eigenvalue weighted by Crippen LogP contribution is -2.09. The molecule has 0 bridgehead atoms. The summed E-state index contributed by atoms with van der Waals surface area (Å²) in [4.78, 5) is 4.17. The number of rotatable bonds is 10. The number of ether oxygens (including phenoxy) is 3. The maximum Gasteiger partial charge on any atom is 0.0889 e. The van der Waals surface area contributed by atoms with E-state index in [2.05, 4.69) is 10.4 Å². The summed E-state index contributed by atoms with van der Waals surface area (Å²) in [5.41, 5.74) is 4.22. The van der Waals surface area contributed by atoms with Gasteiger partial charge in [0.2, 0.25) is 0 Å². The van der Waals surface area contributed by atoms with Crippen molar-refractivity contribution in [3.05, 3.63) is 24.0 Å². The molecule has 0 amide bonds. The van der Waals surface area contributed by atoms with Crippen LogP contribution >= 0.6 is 0 Å². The molecular weight excluding hydrogens is 234 g/mol. The van der Waals surface area contributed by atoms with Crippen LogP contribution in [0.15, 0.2) is 18.3 Å². The average Bonchev–Trinajstić information content (AvgIpc) is 2.42. The van der Waals surface area contributed by atoms with E-state index in [1.165, 1.54) is 0 Å². The Morgan fingerprint density at radius 2 is 2.06 bits per heavy atom. The molecule has 0 aliphatic carbocycles. The van der Waals surface area contributed by atoms with Crippen molar-refractivity contribution < 1.29 is 14.2 Å². The Morgan fingerprint density at radius 1 is 1.22 bits per heavy atom. The van der Waals surface area contributed by atoms with E-state index >= 15 is 0 Å². The minimum atomic E-state index is 0.455. The minimum absolute atomic E-state index is 0.455. The highest BCUT2D eigenvalue weighted by Gasteiger charge is 1.97. The van der Waals surface area contributed by atoms with E-state index in [1.54, 1.807) is 19.4 Å². The number of pyridine rings is 1. The normalized spacial score (nSPS) is 10.6. The number of methoxy groups -OCH3 is 1. The molecular formula is C12H21N3O3. The van der Waals surface area contributed by atoms with Crippen molar-refractivity contribution in [2.75, 3.05) is 39.0 Å². The number of aromatic nitrogens is 1. The summed E-state index contributed by atoms with van der Waals surface area (Å²) in [6.07, 6.45) is 2.59. The molecule has 0 aliphatic rings. The predicted octanol–water partition coefficient (Wildman–Crippen LogP) is 0.937. The van der Waals surface area contributed by atoms with Gasteiger partial charge in [-0.3, -0.25) is 10.8 Å². The lowest BCUT2D eigenvalue weighted by molar-refractivity contribution is 0.0327. The van der Waals surface area contributed by atoms with Crippen LogP contribution < -0.4 is 11.3 Å². The first-order valence-electron chi connectivity index (χ1n) is 5.93. The molecule has 0 spiro atoms. The molecule has 102 valence electrons. The molecule has 1 aromatic heterocycles. The molecule has 0 saturated heterocycles. The first kappa shape index (κ1) is 14.8. The average molecular weight is 255 g/mol. The third-order valence-corrected chi connectivity index (χ3v) is 2.24. The molecule has 0 unspecified atom stereocenters. The summed E-state index contributed by atoms with van der Waals surface area (Å²) in [5.74, 6) is 5.30. The number of nitrogens with zero attached hydrogens (tertiary/aromatic N) is 1. The van der Waals surface area contributed by atoms with Crippen LogP contribution in [-0.4, -0.2) is 38.5 Å². The van der Waals surface area contributed by atoms with Crippen molar-refractivity contribution >= 4 is 5.69 Å². The zero-order chi connectivity index (χ0) is 13.1. The predicted molar refractivity (Wildman–Crippen MR) is 69.0 cm³/mol. The van der Waals surface area contributed by atoms with E-state index in [4.69, 9.17) is 20.1 Å². The van der Waals surface area contributed by atoms with Crippen LogP contribution in [0.4, 0.5) is 5.69 Å². The molecule has 0 aliphatic heterocycles. The number of nitrogens with one attached hydrogen (secondary N) is 1. The molecule has 0 fully saturated rings. The van der Waals surface area contributed by atoms with Crippen molar-refractivity contribution in [2.45, 2.75) is 13.0 Å². The first-order chi connectivity index (χ1) is 8.86. The molecule has 0 saturated carbocycles. The second-order valence-corrected chi connectivity index (χ2v) is 3.69. The van der Waals surface area contributed by atoms with Gasteiger partial charge in [0.1, 0.15) is 0 Å². The Balaban J connectivity index is 2.03. The van der Waals surface area contributed by atoms with Crippen LogP contribution in [0.1, 0.15) is 12.1 Å². The second kappa shape index (κ2) is 9.78. The van der Waals surface area contributed by atoms with Crippen molar-refractivity contribution in [2.24, 2.45) is 5.84 Å². The standard InChI is InChI=1S/C12H21N3O3/c1-16-5-2-6-17-7-8-18-10-12-9-11(15-13)3-4-14-12/h3-4,9H,2,5-8,10,13H2,1H3,(H,14,15). The molecule has 6 nitrogen and oxygen atoms in total. The molecule has 0 aromatic carbocycles. The highest BCUT2D eigenvalue weighted by atomic mass is 16.5. The maximum absolute atomic E-state index is 5.44. The SMILES string of the molecule is COCCCOCCOCc1cc(NN)ccn1. The van der Waals surface area contributed by atoms with Crippen molar-refractivity contribution in [1.29, 1.82) is 0 Å². The van der Waals surface area contributed by atoms with E-state index in [1.807, 2.05) is 6.07 Å². The van der Waals surface area contributed by atoms with Gasteiger partial charge in [-0.05, 0) is 18.6 Å². The monoisotopic (exact) mass is 255 g/mol. The quantitative estimate of drug-likeness (QED) is 0.368. The van der Waals surface area contributed by atoms with Gasteiger partial charge >= 0.3 is 0 Å². The summed E-state index contributed by atoms with van der Waals surface area (Å²) in [6, 6.07) is 3.64. The fraction of sp³-hybridized carbons (Fsp3) is 0.583. The van der Waals surface area contributed by atoms with Gasteiger partial charge in [-0.2, -0.15) is 0 Å². The number of nitrogens with two attached hydrogens (primary N) is 1. The number of anilines is 1. The molecule has 0 radical (unpaired) electrons. The van der Waals surface area contributed by atoms with Crippen molar-refractivity contribution in [3.8, 4) is 0 Å². The van der Waals surface area contributed by atoms with Gasteiger partial charge in [0.15, 0.2) is 0 Å². The van der Waals surface area contributed by atoms with Gasteiger partial charge in [-0.1, -0.05) is 0 Å². The summed E-state index contributed by atoms with van der Waals surface area (Å²) < 4.78 is 15.7. The highest BCUT2D eigenvalue weighted by Crippen LogP contribution is 2.06. The second-order valence-electron chi connectivity index (χ2n) is 3.69. The zero-order valence-corrected chi connectivity index (χ0v) is 10.7. The topological polar surface area (TPSA) is 78.6 Å². The van der Waals surface area contributed by atoms with Gasteiger partial charge in [0, 0.05) is 26.5 Å². The largest absolute Gasteiger partial charge is 0.385 e. The zero-order valence-electron chi connectivity index (χ0n) is 10.7. The highest BCUT2D eigenvalue weighted by molar-refractivity contribution is 5.41. The van der Waals surface area contributed by atoms with Gasteiger partial charge < -0.3 is 19.6 Å². The Labute approximate surface area is 107 Å². The van der Waals surface area contributed by atoms with Crippen molar-refractivity contribution in [3.63, 3.8) is 0 Å². The van der Waals surface area contributed by atoms with E-state index < -0.39 is 0 Å². The summed E-state index contributed by atoms with van der Waals surface area (Å²) in [6.45, 7) is 3.01. The van der Waals surface area contributed by atoms with Crippen molar-refractivity contribution in [1.82, 2.24) is 4.98 Å². The summed E-state index contributed by atoms with van der Waals surface area (Å²) in [7, 11) is 1.68. The lowest BCUT2D eigenvalue weighted by Gasteiger charge is -2.06. The molecule has 1 aromatic rings. The summed E-state index contributed by atoms with van der Waals surface area (Å²) >= 11 is 0. The van der Waals surface area contributed by atoms with E-state index in [0.717, 1.165) is 24.4 Å². The first-order valence-corrected chi connectivity index (χ1v) is 5.93. The number of hydrazine groups is 1. The molecule has 1 heterocycles. The van der Waals surface area contributed by atoms with Gasteiger partial charge in [0.05, 0.1) is 31.2 Å². The van der Waals surface area contributed by atoms with Crippen LogP contribution in [0.25, 0.3) is 0 Å². The lowest BCUT2D eigenvalue weighted by atomic mass is 10.3. The maximum atomic E-state index is 5.44. The smallest absolute Gasteiger partial charge is 0.0889 e. The van der Waals surface area contributed by atoms with Crippen LogP contribution in [0.3, 0.4) is 0 Å². The number of nitrogen functional groups attached to an aromatic ring is 1. The molecule has 18 heavy (non-hydrogen) atoms. The van der Waals surface area contributed by atoms with Gasteiger partial charge in [-0.25, -0.2) is 0 Å². The Bertz CT molecular complexity index is 323. The Kier molecular flexibility index (Phi) is 8.07. The van der Waals surface area contributed by atoms with Gasteiger partial charge in [0.25, 0.3) is 0 Å². The number of hydrogen-bond donors (Lipinski definition) is 2. The van der Waals surface area contributed by atoms with E-state index in [-0.39, 0.29) is 0 Å².